The molecule has 4 aromatic rings. The molecule has 162 valence electrons. The second kappa shape index (κ2) is 8.38. The zero-order chi connectivity index (χ0) is 22.1. The molecule has 5 nitrogen and oxygen atoms in total. The Morgan fingerprint density at radius 1 is 1.09 bits per heavy atom. The van der Waals surface area contributed by atoms with Crippen LogP contribution in [0.3, 0.4) is 0 Å². The third-order valence-electron chi connectivity index (χ3n) is 5.91. The number of amides is 2. The largest absolute Gasteiger partial charge is 0.492 e. The smallest absolute Gasteiger partial charge is 0.322 e. The molecular formula is C26H24FN3O2. The van der Waals surface area contributed by atoms with Gasteiger partial charge >= 0.3 is 6.03 Å². The summed E-state index contributed by atoms with van der Waals surface area (Å²) in [6, 6.07) is 21.3. The first kappa shape index (κ1) is 20.1. The van der Waals surface area contributed by atoms with Gasteiger partial charge in [0, 0.05) is 23.1 Å². The van der Waals surface area contributed by atoms with Crippen LogP contribution in [-0.4, -0.2) is 29.1 Å². The molecule has 3 aromatic carbocycles. The van der Waals surface area contributed by atoms with Gasteiger partial charge in [-0.25, -0.2) is 9.18 Å². The minimum Gasteiger partial charge on any atom is -0.492 e. The number of carbonyl (C=O) groups is 1. The first-order valence-corrected chi connectivity index (χ1v) is 10.8. The number of carbonyl (C=O) groups excluding carboxylic acids is 1. The van der Waals surface area contributed by atoms with Gasteiger partial charge in [-0.05, 0) is 54.8 Å². The summed E-state index contributed by atoms with van der Waals surface area (Å²) in [6.07, 6.45) is 0.734. The Hall–Kier alpha value is -3.80. The molecule has 0 aliphatic carbocycles. The zero-order valence-electron chi connectivity index (χ0n) is 17.8. The monoisotopic (exact) mass is 429 g/mol. The number of fused-ring (bicyclic) bond motifs is 3. The SMILES string of the molecule is CCOc1ccccc1NC(=O)N1CCc2c([nH]c3ccccc23)C1c1ccc(F)cc1. The molecule has 1 unspecified atom stereocenters. The number of ether oxygens (including phenoxy) is 1. The predicted molar refractivity (Wildman–Crippen MR) is 124 cm³/mol. The van der Waals surface area contributed by atoms with Crippen LogP contribution < -0.4 is 10.1 Å². The normalized spacial score (nSPS) is 15.4. The summed E-state index contributed by atoms with van der Waals surface area (Å²) in [4.78, 5) is 18.8. The molecule has 2 heterocycles. The summed E-state index contributed by atoms with van der Waals surface area (Å²) in [5.41, 5.74) is 4.69. The van der Waals surface area contributed by atoms with Crippen molar-refractivity contribution in [2.75, 3.05) is 18.5 Å². The lowest BCUT2D eigenvalue weighted by atomic mass is 9.92. The van der Waals surface area contributed by atoms with Crippen LogP contribution in [0.5, 0.6) is 5.75 Å². The third kappa shape index (κ3) is 3.58. The molecule has 1 aliphatic heterocycles. The number of H-pyrrole nitrogens is 1. The summed E-state index contributed by atoms with van der Waals surface area (Å²) < 4.78 is 19.3. The van der Waals surface area contributed by atoms with E-state index in [1.165, 1.54) is 17.7 Å². The molecule has 2 N–H and O–H groups in total. The fourth-order valence-electron chi connectivity index (χ4n) is 4.49. The van der Waals surface area contributed by atoms with Gasteiger partial charge in [0.15, 0.2) is 0 Å². The molecule has 1 aliphatic rings. The zero-order valence-corrected chi connectivity index (χ0v) is 17.8. The average molecular weight is 429 g/mol. The topological polar surface area (TPSA) is 57.4 Å². The quantitative estimate of drug-likeness (QED) is 0.425. The van der Waals surface area contributed by atoms with Crippen LogP contribution in [0.15, 0.2) is 72.8 Å². The number of urea groups is 1. The Kier molecular flexibility index (Phi) is 5.27. The lowest BCUT2D eigenvalue weighted by Crippen LogP contribution is -2.43. The van der Waals surface area contributed by atoms with E-state index in [1.807, 2.05) is 49.4 Å². The van der Waals surface area contributed by atoms with Crippen molar-refractivity contribution in [3.05, 3.63) is 95.4 Å². The van der Waals surface area contributed by atoms with E-state index in [4.69, 9.17) is 4.74 Å². The van der Waals surface area contributed by atoms with E-state index in [-0.39, 0.29) is 17.9 Å². The molecule has 0 saturated carbocycles. The van der Waals surface area contributed by atoms with E-state index in [2.05, 4.69) is 16.4 Å². The van der Waals surface area contributed by atoms with Crippen molar-refractivity contribution in [1.82, 2.24) is 9.88 Å². The lowest BCUT2D eigenvalue weighted by Gasteiger charge is -2.36. The minimum atomic E-state index is -0.356. The Labute approximate surface area is 185 Å². The van der Waals surface area contributed by atoms with Crippen molar-refractivity contribution in [2.24, 2.45) is 0 Å². The first-order chi connectivity index (χ1) is 15.7. The summed E-state index contributed by atoms with van der Waals surface area (Å²) >= 11 is 0. The van der Waals surface area contributed by atoms with Crippen molar-refractivity contribution in [3.8, 4) is 5.75 Å². The second-order valence-electron chi connectivity index (χ2n) is 7.82. The summed E-state index contributed by atoms with van der Waals surface area (Å²) in [5, 5.41) is 4.18. The third-order valence-corrected chi connectivity index (χ3v) is 5.91. The van der Waals surface area contributed by atoms with E-state index in [0.717, 1.165) is 28.6 Å². The highest BCUT2D eigenvalue weighted by Crippen LogP contribution is 2.39. The molecule has 2 amide bonds. The molecule has 0 spiro atoms. The first-order valence-electron chi connectivity index (χ1n) is 10.8. The van der Waals surface area contributed by atoms with E-state index in [0.29, 0.717) is 24.6 Å². The van der Waals surface area contributed by atoms with Crippen molar-refractivity contribution in [3.63, 3.8) is 0 Å². The highest BCUT2D eigenvalue weighted by Gasteiger charge is 2.34. The molecule has 0 bridgehead atoms. The Bertz CT molecular complexity index is 1270. The molecule has 6 heteroatoms. The van der Waals surface area contributed by atoms with Crippen LogP contribution in [0.25, 0.3) is 10.9 Å². The fraction of sp³-hybridized carbons (Fsp3) is 0.192. The van der Waals surface area contributed by atoms with E-state index >= 15 is 0 Å². The van der Waals surface area contributed by atoms with Gasteiger partial charge in [0.25, 0.3) is 0 Å². The molecular weight excluding hydrogens is 405 g/mol. The fourth-order valence-corrected chi connectivity index (χ4v) is 4.49. The Morgan fingerprint density at radius 3 is 2.66 bits per heavy atom. The maximum absolute atomic E-state index is 13.7. The number of nitrogens with zero attached hydrogens (tertiary/aromatic N) is 1. The van der Waals surface area contributed by atoms with Gasteiger partial charge in [-0.2, -0.15) is 0 Å². The summed E-state index contributed by atoms with van der Waals surface area (Å²) in [7, 11) is 0. The van der Waals surface area contributed by atoms with Gasteiger partial charge in [-0.15, -0.1) is 0 Å². The number of anilines is 1. The predicted octanol–water partition coefficient (Wildman–Crippen LogP) is 5.89. The maximum atomic E-state index is 13.7. The van der Waals surface area contributed by atoms with Gasteiger partial charge < -0.3 is 19.9 Å². The molecule has 0 radical (unpaired) electrons. The van der Waals surface area contributed by atoms with E-state index in [1.54, 1.807) is 17.0 Å². The highest BCUT2D eigenvalue weighted by molar-refractivity contribution is 5.92. The number of nitrogens with one attached hydrogen (secondary N) is 2. The molecule has 5 rings (SSSR count). The number of hydrogen-bond acceptors (Lipinski definition) is 2. The van der Waals surface area contributed by atoms with Gasteiger partial charge in [0.2, 0.25) is 0 Å². The summed E-state index contributed by atoms with van der Waals surface area (Å²) in [5.74, 6) is 0.327. The Morgan fingerprint density at radius 2 is 1.84 bits per heavy atom. The van der Waals surface area contributed by atoms with Crippen LogP contribution >= 0.6 is 0 Å². The van der Waals surface area contributed by atoms with Crippen molar-refractivity contribution >= 4 is 22.6 Å². The highest BCUT2D eigenvalue weighted by atomic mass is 19.1. The second-order valence-corrected chi connectivity index (χ2v) is 7.82. The maximum Gasteiger partial charge on any atom is 0.322 e. The molecule has 0 saturated heterocycles. The van der Waals surface area contributed by atoms with Crippen LogP contribution in [0.2, 0.25) is 0 Å². The van der Waals surface area contributed by atoms with Gasteiger partial charge in [0.05, 0.1) is 18.3 Å². The van der Waals surface area contributed by atoms with Gasteiger partial charge in [-0.3, -0.25) is 0 Å². The molecule has 1 atom stereocenters. The number of aromatic nitrogens is 1. The average Bonchev–Trinajstić information content (AvgIpc) is 3.19. The number of rotatable bonds is 4. The molecule has 32 heavy (non-hydrogen) atoms. The van der Waals surface area contributed by atoms with Crippen LogP contribution in [-0.2, 0) is 6.42 Å². The standard InChI is InChI=1S/C26H24FN3O2/c1-2-32-23-10-6-5-9-22(23)29-26(31)30-16-15-20-19-7-3-4-8-21(19)28-24(20)25(30)17-11-13-18(27)14-12-17/h3-14,25,28H,2,15-16H2,1H3,(H,29,31). The molecule has 1 aromatic heterocycles. The van der Waals surface area contributed by atoms with Crippen molar-refractivity contribution in [1.29, 1.82) is 0 Å². The summed E-state index contributed by atoms with van der Waals surface area (Å²) in [6.45, 7) is 2.96. The van der Waals surface area contributed by atoms with Crippen molar-refractivity contribution < 1.29 is 13.9 Å². The Balaban J connectivity index is 1.55. The van der Waals surface area contributed by atoms with E-state index < -0.39 is 0 Å². The molecule has 0 fully saturated rings. The van der Waals surface area contributed by atoms with Gasteiger partial charge in [-0.1, -0.05) is 42.5 Å². The van der Waals surface area contributed by atoms with Crippen LogP contribution in [0.4, 0.5) is 14.9 Å². The number of para-hydroxylation sites is 3. The lowest BCUT2D eigenvalue weighted by molar-refractivity contribution is 0.193. The van der Waals surface area contributed by atoms with E-state index in [9.17, 15) is 9.18 Å². The van der Waals surface area contributed by atoms with Gasteiger partial charge in [0.1, 0.15) is 11.6 Å². The number of hydrogen-bond donors (Lipinski definition) is 2. The number of halogens is 1. The number of aromatic amines is 1. The minimum absolute atomic E-state index is 0.226. The van der Waals surface area contributed by atoms with Crippen LogP contribution in [0, 0.1) is 5.82 Å². The van der Waals surface area contributed by atoms with Crippen molar-refractivity contribution in [2.45, 2.75) is 19.4 Å². The number of benzene rings is 3. The van der Waals surface area contributed by atoms with Crippen LogP contribution in [0.1, 0.15) is 29.8 Å².